The van der Waals surface area contributed by atoms with E-state index in [0.29, 0.717) is 17.1 Å². The molecule has 1 aromatic heterocycles. The van der Waals surface area contributed by atoms with Gasteiger partial charge in [-0.3, -0.25) is 14.9 Å². The van der Waals surface area contributed by atoms with E-state index in [1.54, 1.807) is 30.0 Å². The van der Waals surface area contributed by atoms with Crippen molar-refractivity contribution < 1.29 is 14.1 Å². The van der Waals surface area contributed by atoms with E-state index in [2.05, 4.69) is 10.3 Å². The highest BCUT2D eigenvalue weighted by atomic mass is 35.5. The Balaban J connectivity index is 1.86. The van der Waals surface area contributed by atoms with Crippen LogP contribution in [-0.2, 0) is 6.54 Å². The Morgan fingerprint density at radius 1 is 1.33 bits per heavy atom. The van der Waals surface area contributed by atoms with Crippen LogP contribution in [0.15, 0.2) is 48.8 Å². The maximum atomic E-state index is 13.7. The summed E-state index contributed by atoms with van der Waals surface area (Å²) in [6, 6.07) is 7.82. The van der Waals surface area contributed by atoms with Crippen LogP contribution in [0.2, 0.25) is 5.02 Å². The molecule has 9 heteroatoms. The van der Waals surface area contributed by atoms with Crippen LogP contribution >= 0.6 is 11.6 Å². The van der Waals surface area contributed by atoms with E-state index in [1.165, 1.54) is 24.3 Å². The minimum Gasteiger partial charge on any atom is -0.348 e. The molecular formula is C18H14ClFN4O3. The molecule has 1 heterocycles. The number of aromatic nitrogens is 2. The number of carbonyl (C=O) groups excluding carboxylic acids is 1. The third-order valence-electron chi connectivity index (χ3n) is 3.97. The number of nitro groups is 1. The van der Waals surface area contributed by atoms with Crippen molar-refractivity contribution >= 4 is 23.2 Å². The maximum absolute atomic E-state index is 13.7. The quantitative estimate of drug-likeness (QED) is 0.531. The molecule has 0 spiro atoms. The lowest BCUT2D eigenvalue weighted by Gasteiger charge is -2.13. The molecule has 0 saturated carbocycles. The molecule has 0 radical (unpaired) electrons. The molecule has 0 aliphatic carbocycles. The van der Waals surface area contributed by atoms with E-state index >= 15 is 0 Å². The van der Waals surface area contributed by atoms with Gasteiger partial charge < -0.3 is 9.88 Å². The molecule has 0 saturated heterocycles. The molecule has 7 nitrogen and oxygen atoms in total. The monoisotopic (exact) mass is 388 g/mol. The summed E-state index contributed by atoms with van der Waals surface area (Å²) in [6.07, 6.45) is 3.34. The Kier molecular flexibility index (Phi) is 5.18. The topological polar surface area (TPSA) is 90.1 Å². The van der Waals surface area contributed by atoms with Gasteiger partial charge in [0.25, 0.3) is 11.6 Å². The lowest BCUT2D eigenvalue weighted by Crippen LogP contribution is -2.24. The van der Waals surface area contributed by atoms with Crippen LogP contribution in [0.3, 0.4) is 0 Å². The van der Waals surface area contributed by atoms with E-state index in [4.69, 9.17) is 11.6 Å². The number of imidazole rings is 1. The summed E-state index contributed by atoms with van der Waals surface area (Å²) >= 11 is 5.98. The van der Waals surface area contributed by atoms with Crippen molar-refractivity contribution in [3.8, 4) is 5.69 Å². The van der Waals surface area contributed by atoms with E-state index in [-0.39, 0.29) is 22.8 Å². The van der Waals surface area contributed by atoms with Crippen LogP contribution in [-0.4, -0.2) is 20.4 Å². The fraction of sp³-hybridized carbons (Fsp3) is 0.111. The van der Waals surface area contributed by atoms with Crippen molar-refractivity contribution in [3.05, 3.63) is 86.7 Å². The van der Waals surface area contributed by atoms with Crippen molar-refractivity contribution in [1.29, 1.82) is 0 Å². The van der Waals surface area contributed by atoms with Gasteiger partial charge in [0.2, 0.25) is 0 Å². The maximum Gasteiger partial charge on any atom is 0.270 e. The third kappa shape index (κ3) is 3.95. The van der Waals surface area contributed by atoms with Crippen molar-refractivity contribution in [2.75, 3.05) is 0 Å². The normalized spacial score (nSPS) is 10.6. The number of aryl methyl sites for hydroxylation is 1. The summed E-state index contributed by atoms with van der Waals surface area (Å²) in [4.78, 5) is 26.9. The number of carbonyl (C=O) groups is 1. The molecule has 3 rings (SSSR count). The van der Waals surface area contributed by atoms with Gasteiger partial charge in [-0.05, 0) is 36.8 Å². The van der Waals surface area contributed by atoms with Crippen molar-refractivity contribution in [2.24, 2.45) is 0 Å². The molecular weight excluding hydrogens is 375 g/mol. The summed E-state index contributed by atoms with van der Waals surface area (Å²) in [6.45, 7) is 1.80. The highest BCUT2D eigenvalue weighted by Gasteiger charge is 2.17. The van der Waals surface area contributed by atoms with Crippen molar-refractivity contribution in [3.63, 3.8) is 0 Å². The molecule has 0 aliphatic heterocycles. The predicted molar refractivity (Wildman–Crippen MR) is 97.5 cm³/mol. The number of amides is 1. The number of hydrogen-bond acceptors (Lipinski definition) is 4. The van der Waals surface area contributed by atoms with Crippen LogP contribution in [0.5, 0.6) is 0 Å². The van der Waals surface area contributed by atoms with Crippen molar-refractivity contribution in [1.82, 2.24) is 14.9 Å². The molecule has 1 N–H and O–H groups in total. The largest absolute Gasteiger partial charge is 0.348 e. The average Bonchev–Trinajstić information content (AvgIpc) is 3.05. The Labute approximate surface area is 158 Å². The second-order valence-electron chi connectivity index (χ2n) is 5.72. The molecule has 1 amide bonds. The number of nitro benzene ring substituents is 1. The Morgan fingerprint density at radius 2 is 2.11 bits per heavy atom. The van der Waals surface area contributed by atoms with Gasteiger partial charge in [0.1, 0.15) is 11.6 Å². The first kappa shape index (κ1) is 18.5. The fourth-order valence-electron chi connectivity index (χ4n) is 2.63. The summed E-state index contributed by atoms with van der Waals surface area (Å²) in [5, 5.41) is 13.6. The van der Waals surface area contributed by atoms with Gasteiger partial charge >= 0.3 is 0 Å². The Morgan fingerprint density at radius 3 is 2.78 bits per heavy atom. The minimum absolute atomic E-state index is 0.00255. The van der Waals surface area contributed by atoms with Crippen LogP contribution in [0.1, 0.15) is 21.7 Å². The summed E-state index contributed by atoms with van der Waals surface area (Å²) in [5.41, 5.74) is 0.913. The molecule has 27 heavy (non-hydrogen) atoms. The smallest absolute Gasteiger partial charge is 0.270 e. The Bertz CT molecular complexity index is 1040. The van der Waals surface area contributed by atoms with E-state index in [1.807, 2.05) is 0 Å². The predicted octanol–water partition coefficient (Wildman–Crippen LogP) is 3.81. The molecule has 0 aliphatic rings. The van der Waals surface area contributed by atoms with E-state index < -0.39 is 16.6 Å². The zero-order valence-corrected chi connectivity index (χ0v) is 14.9. The third-order valence-corrected chi connectivity index (χ3v) is 4.30. The summed E-state index contributed by atoms with van der Waals surface area (Å²) in [7, 11) is 0. The van der Waals surface area contributed by atoms with Crippen molar-refractivity contribution in [2.45, 2.75) is 13.5 Å². The molecule has 0 bridgehead atoms. The number of hydrogen-bond donors (Lipinski definition) is 1. The number of rotatable bonds is 5. The average molecular weight is 389 g/mol. The van der Waals surface area contributed by atoms with Gasteiger partial charge in [0.05, 0.1) is 21.2 Å². The molecule has 3 aromatic rings. The summed E-state index contributed by atoms with van der Waals surface area (Å²) < 4.78 is 15.5. The number of nitrogens with zero attached hydrogens (tertiary/aromatic N) is 3. The van der Waals surface area contributed by atoms with Crippen LogP contribution in [0.25, 0.3) is 5.69 Å². The molecule has 2 aromatic carbocycles. The number of halogens is 2. The number of nitrogens with one attached hydrogen (secondary N) is 1. The Hall–Kier alpha value is -3.26. The lowest BCUT2D eigenvalue weighted by atomic mass is 10.1. The van der Waals surface area contributed by atoms with Crippen LogP contribution in [0.4, 0.5) is 10.1 Å². The van der Waals surface area contributed by atoms with Gasteiger partial charge in [0.15, 0.2) is 0 Å². The second-order valence-corrected chi connectivity index (χ2v) is 6.13. The number of benzene rings is 2. The second kappa shape index (κ2) is 7.55. The van der Waals surface area contributed by atoms with E-state index in [0.717, 1.165) is 6.07 Å². The van der Waals surface area contributed by atoms with Gasteiger partial charge in [0, 0.05) is 31.1 Å². The zero-order valence-electron chi connectivity index (χ0n) is 14.1. The highest BCUT2D eigenvalue weighted by molar-refractivity contribution is 6.33. The standard InChI is InChI=1S/C18H14ClFN4O3/c1-11-21-6-7-23(11)17-5-2-13(20)8-12(17)10-22-18(25)15-9-14(24(26)27)3-4-16(15)19/h2-9H,10H2,1H3,(H,22,25). The first-order valence-corrected chi connectivity index (χ1v) is 8.25. The van der Waals surface area contributed by atoms with Gasteiger partial charge in [-0.15, -0.1) is 0 Å². The molecule has 0 atom stereocenters. The van der Waals surface area contributed by atoms with E-state index in [9.17, 15) is 19.3 Å². The fourth-order valence-corrected chi connectivity index (χ4v) is 2.84. The summed E-state index contributed by atoms with van der Waals surface area (Å²) in [5.74, 6) is -0.341. The first-order valence-electron chi connectivity index (χ1n) is 7.87. The molecule has 138 valence electrons. The molecule has 0 unspecified atom stereocenters. The van der Waals surface area contributed by atoms with Gasteiger partial charge in [-0.25, -0.2) is 9.37 Å². The minimum atomic E-state index is -0.612. The van der Waals surface area contributed by atoms with Gasteiger partial charge in [-0.1, -0.05) is 11.6 Å². The van der Waals surface area contributed by atoms with Crippen LogP contribution in [0, 0.1) is 22.9 Å². The highest BCUT2D eigenvalue weighted by Crippen LogP contribution is 2.23. The SMILES string of the molecule is Cc1nccn1-c1ccc(F)cc1CNC(=O)c1cc([N+](=O)[O-])ccc1Cl. The zero-order chi connectivity index (χ0) is 19.6. The molecule has 0 fully saturated rings. The van der Waals surface area contributed by atoms with Gasteiger partial charge in [-0.2, -0.15) is 0 Å². The van der Waals surface area contributed by atoms with Crippen LogP contribution < -0.4 is 5.32 Å². The lowest BCUT2D eigenvalue weighted by molar-refractivity contribution is -0.384. The number of non-ortho nitro benzene ring substituents is 1. The first-order chi connectivity index (χ1) is 12.9.